The van der Waals surface area contributed by atoms with E-state index in [0.29, 0.717) is 32.0 Å². The van der Waals surface area contributed by atoms with Crippen LogP contribution in [0.2, 0.25) is 0 Å². The SMILES string of the molecule is Cc1cc(Nc2ncc(C)c(N3CC(CC#N)(NC[C@@H]4CC(F)(F)CN4)C3)n2)sn1. The fourth-order valence-electron chi connectivity index (χ4n) is 3.90. The van der Waals surface area contributed by atoms with Gasteiger partial charge in [-0.3, -0.25) is 0 Å². The highest BCUT2D eigenvalue weighted by molar-refractivity contribution is 7.10. The van der Waals surface area contributed by atoms with Crippen molar-refractivity contribution in [3.05, 3.63) is 23.5 Å². The van der Waals surface area contributed by atoms with Crippen LogP contribution in [0.15, 0.2) is 12.3 Å². The summed E-state index contributed by atoms with van der Waals surface area (Å²) in [5.41, 5.74) is 1.44. The molecule has 0 aliphatic carbocycles. The Kier molecular flexibility index (Phi) is 5.57. The van der Waals surface area contributed by atoms with E-state index in [-0.39, 0.29) is 19.0 Å². The van der Waals surface area contributed by atoms with Gasteiger partial charge in [0.05, 0.1) is 30.3 Å². The van der Waals surface area contributed by atoms with Crippen LogP contribution in [-0.2, 0) is 0 Å². The number of nitrogens with one attached hydrogen (secondary N) is 3. The normalized spacial score (nSPS) is 21.8. The Morgan fingerprint density at radius 1 is 1.40 bits per heavy atom. The molecule has 2 aliphatic heterocycles. The Morgan fingerprint density at radius 2 is 2.20 bits per heavy atom. The first kappa shape index (κ1) is 20.8. The number of nitrogens with zero attached hydrogens (tertiary/aromatic N) is 5. The second-order valence-corrected chi connectivity index (χ2v) is 8.95. The molecular weight excluding hydrogens is 410 g/mol. The highest BCUT2D eigenvalue weighted by Crippen LogP contribution is 2.32. The maximum absolute atomic E-state index is 13.4. The van der Waals surface area contributed by atoms with Crippen LogP contribution in [0, 0.1) is 25.2 Å². The molecule has 0 unspecified atom stereocenters. The molecule has 2 aromatic rings. The van der Waals surface area contributed by atoms with Gasteiger partial charge in [-0.15, -0.1) is 0 Å². The zero-order valence-electron chi connectivity index (χ0n) is 16.9. The number of alkyl halides is 2. The average Bonchev–Trinajstić information content (AvgIpc) is 3.23. The predicted octanol–water partition coefficient (Wildman–Crippen LogP) is 2.35. The molecule has 11 heteroatoms. The Labute approximate surface area is 177 Å². The van der Waals surface area contributed by atoms with Gasteiger partial charge >= 0.3 is 0 Å². The van der Waals surface area contributed by atoms with Gasteiger partial charge in [-0.25, -0.2) is 13.8 Å². The van der Waals surface area contributed by atoms with Gasteiger partial charge in [0.25, 0.3) is 5.92 Å². The van der Waals surface area contributed by atoms with E-state index in [4.69, 9.17) is 0 Å². The minimum atomic E-state index is -2.65. The fourth-order valence-corrected chi connectivity index (χ4v) is 4.56. The quantitative estimate of drug-likeness (QED) is 0.611. The smallest absolute Gasteiger partial charge is 0.261 e. The van der Waals surface area contributed by atoms with Crippen molar-refractivity contribution < 1.29 is 8.78 Å². The molecule has 2 aromatic heterocycles. The Bertz CT molecular complexity index is 950. The number of anilines is 3. The molecule has 2 saturated heterocycles. The summed E-state index contributed by atoms with van der Waals surface area (Å²) < 4.78 is 31.1. The molecule has 3 N–H and O–H groups in total. The number of rotatable bonds is 7. The molecule has 0 amide bonds. The Morgan fingerprint density at radius 3 is 2.83 bits per heavy atom. The summed E-state index contributed by atoms with van der Waals surface area (Å²) in [7, 11) is 0. The largest absolute Gasteiger partial charge is 0.352 e. The molecule has 4 rings (SSSR count). The number of hydrogen-bond donors (Lipinski definition) is 3. The van der Waals surface area contributed by atoms with Gasteiger partial charge in [-0.05, 0) is 31.4 Å². The average molecular weight is 435 g/mol. The van der Waals surface area contributed by atoms with Crippen LogP contribution < -0.4 is 20.9 Å². The zero-order valence-corrected chi connectivity index (χ0v) is 17.7. The molecule has 0 bridgehead atoms. The lowest BCUT2D eigenvalue weighted by Gasteiger charge is -2.51. The third-order valence-electron chi connectivity index (χ3n) is 5.43. The van der Waals surface area contributed by atoms with Gasteiger partial charge in [0.15, 0.2) is 0 Å². The van der Waals surface area contributed by atoms with Crippen molar-refractivity contribution in [3.63, 3.8) is 0 Å². The molecular formula is C19H24F2N8S. The number of nitriles is 1. The first-order valence-corrected chi connectivity index (χ1v) is 10.6. The third kappa shape index (κ3) is 4.50. The second kappa shape index (κ2) is 8.02. The van der Waals surface area contributed by atoms with E-state index >= 15 is 0 Å². The zero-order chi connectivity index (χ0) is 21.4. The van der Waals surface area contributed by atoms with Gasteiger partial charge in [-0.2, -0.15) is 14.6 Å². The highest BCUT2D eigenvalue weighted by Gasteiger charge is 2.45. The topological polar surface area (TPSA) is 102 Å². The summed E-state index contributed by atoms with van der Waals surface area (Å²) >= 11 is 1.35. The molecule has 0 aromatic carbocycles. The summed E-state index contributed by atoms with van der Waals surface area (Å²) in [6.07, 6.45) is 1.90. The lowest BCUT2D eigenvalue weighted by molar-refractivity contribution is 0.0208. The first-order valence-electron chi connectivity index (χ1n) is 9.80. The van der Waals surface area contributed by atoms with E-state index in [1.54, 1.807) is 6.20 Å². The van der Waals surface area contributed by atoms with Crippen LogP contribution in [0.1, 0.15) is 24.1 Å². The molecule has 8 nitrogen and oxygen atoms in total. The van der Waals surface area contributed by atoms with Crippen molar-refractivity contribution in [1.82, 2.24) is 25.0 Å². The van der Waals surface area contributed by atoms with Crippen molar-refractivity contribution >= 4 is 28.3 Å². The standard InChI is InChI=1S/C19H24F2N8S/c1-12-7-23-17(26-15-5-13(2)28-30-15)27-16(12)29-10-18(11-29,3-4-22)25-8-14-6-19(20,21)9-24-14/h5,7,14,24-25H,3,6,8-11H2,1-2H3,(H,23,26,27)/t14-/m0/s1. The molecule has 30 heavy (non-hydrogen) atoms. The number of halogens is 2. The van der Waals surface area contributed by atoms with E-state index in [0.717, 1.165) is 22.1 Å². The molecule has 1 atom stereocenters. The lowest BCUT2D eigenvalue weighted by atomic mass is 9.86. The van der Waals surface area contributed by atoms with E-state index < -0.39 is 11.5 Å². The van der Waals surface area contributed by atoms with Crippen LogP contribution in [0.3, 0.4) is 0 Å². The van der Waals surface area contributed by atoms with Gasteiger partial charge in [-0.1, -0.05) is 0 Å². The molecule has 4 heterocycles. The minimum absolute atomic E-state index is 0.177. The van der Waals surface area contributed by atoms with E-state index in [2.05, 4.69) is 41.3 Å². The number of aromatic nitrogens is 3. The Balaban J connectivity index is 1.40. The number of aryl methyl sites for hydroxylation is 2. The van der Waals surface area contributed by atoms with Crippen LogP contribution >= 0.6 is 11.5 Å². The Hall–Kier alpha value is -2.42. The van der Waals surface area contributed by atoms with E-state index in [9.17, 15) is 14.0 Å². The highest BCUT2D eigenvalue weighted by atomic mass is 32.1. The van der Waals surface area contributed by atoms with Crippen LogP contribution in [0.5, 0.6) is 0 Å². The van der Waals surface area contributed by atoms with Crippen molar-refractivity contribution in [3.8, 4) is 6.07 Å². The van der Waals surface area contributed by atoms with Crippen LogP contribution in [0.4, 0.5) is 25.5 Å². The molecule has 0 spiro atoms. The minimum Gasteiger partial charge on any atom is -0.352 e. The summed E-state index contributed by atoms with van der Waals surface area (Å²) in [4.78, 5) is 11.1. The van der Waals surface area contributed by atoms with Gasteiger partial charge in [0, 0.05) is 43.9 Å². The van der Waals surface area contributed by atoms with E-state index in [1.165, 1.54) is 11.5 Å². The second-order valence-electron chi connectivity index (χ2n) is 8.15. The van der Waals surface area contributed by atoms with E-state index in [1.807, 2.05) is 19.9 Å². The summed E-state index contributed by atoms with van der Waals surface area (Å²) in [5.74, 6) is -1.37. The van der Waals surface area contributed by atoms with Crippen molar-refractivity contribution in [1.29, 1.82) is 5.26 Å². The van der Waals surface area contributed by atoms with Gasteiger partial charge in [0.2, 0.25) is 5.95 Å². The molecule has 2 aliphatic rings. The molecule has 2 fully saturated rings. The predicted molar refractivity (Wildman–Crippen MR) is 111 cm³/mol. The summed E-state index contributed by atoms with van der Waals surface area (Å²) in [5, 5.41) is 19.5. The van der Waals surface area contributed by atoms with Gasteiger partial charge < -0.3 is 20.9 Å². The van der Waals surface area contributed by atoms with Gasteiger partial charge in [0.1, 0.15) is 10.8 Å². The summed E-state index contributed by atoms with van der Waals surface area (Å²) in [6.45, 7) is 5.16. The first-order chi connectivity index (χ1) is 14.3. The maximum atomic E-state index is 13.4. The van der Waals surface area contributed by atoms with Crippen molar-refractivity contribution in [2.45, 2.75) is 44.2 Å². The summed E-state index contributed by atoms with van der Waals surface area (Å²) in [6, 6.07) is 3.87. The monoisotopic (exact) mass is 434 g/mol. The van der Waals surface area contributed by atoms with Crippen molar-refractivity contribution in [2.24, 2.45) is 0 Å². The molecule has 0 saturated carbocycles. The fraction of sp³-hybridized carbons (Fsp3) is 0.579. The number of hydrogen-bond acceptors (Lipinski definition) is 9. The third-order valence-corrected chi connectivity index (χ3v) is 6.23. The maximum Gasteiger partial charge on any atom is 0.261 e. The van der Waals surface area contributed by atoms with Crippen LogP contribution in [-0.4, -0.2) is 58.0 Å². The lowest BCUT2D eigenvalue weighted by Crippen LogP contribution is -2.70. The van der Waals surface area contributed by atoms with Crippen molar-refractivity contribution in [2.75, 3.05) is 36.4 Å². The molecule has 160 valence electrons. The molecule has 0 radical (unpaired) electrons. The van der Waals surface area contributed by atoms with Crippen LogP contribution in [0.25, 0.3) is 0 Å².